The van der Waals surface area contributed by atoms with E-state index in [4.69, 9.17) is 4.74 Å². The van der Waals surface area contributed by atoms with E-state index in [1.54, 1.807) is 12.1 Å². The highest BCUT2D eigenvalue weighted by Crippen LogP contribution is 2.25. The van der Waals surface area contributed by atoms with Crippen LogP contribution in [0.3, 0.4) is 0 Å². The molecule has 0 aliphatic carbocycles. The minimum absolute atomic E-state index is 0.377. The Morgan fingerprint density at radius 3 is 2.44 bits per heavy atom. The van der Waals surface area contributed by atoms with Crippen molar-refractivity contribution < 1.29 is 14.3 Å². The van der Waals surface area contributed by atoms with E-state index in [0.29, 0.717) is 17.1 Å². The van der Waals surface area contributed by atoms with Crippen LogP contribution in [0.5, 0.6) is 0 Å². The van der Waals surface area contributed by atoms with E-state index in [1.807, 2.05) is 79.0 Å². The maximum atomic E-state index is 12.6. The van der Waals surface area contributed by atoms with Crippen LogP contribution in [0.4, 0.5) is 5.13 Å². The first-order valence-electron chi connectivity index (χ1n) is 10.2. The summed E-state index contributed by atoms with van der Waals surface area (Å²) < 4.78 is 5.27. The van der Waals surface area contributed by atoms with Crippen molar-refractivity contribution in [2.24, 2.45) is 0 Å². The van der Waals surface area contributed by atoms with Gasteiger partial charge in [-0.3, -0.25) is 10.1 Å². The standard InChI is InChI=1S/C26H22N2O3S/c1-18-11-13-20(14-12-18)23-17-32-26(27-23)28-24(29)16-31-25(30)22-10-6-5-9-21(22)15-19-7-3-2-4-8-19/h2-14,17H,15-16H2,1H3,(H,27,28,29). The fourth-order valence-corrected chi connectivity index (χ4v) is 3.98. The SMILES string of the molecule is Cc1ccc(-c2csc(NC(=O)COC(=O)c3ccccc3Cc3ccccc3)n2)cc1. The van der Waals surface area contributed by atoms with Gasteiger partial charge in [0.15, 0.2) is 11.7 Å². The molecule has 1 heterocycles. The number of hydrogen-bond acceptors (Lipinski definition) is 5. The number of benzene rings is 3. The molecule has 1 aromatic heterocycles. The van der Waals surface area contributed by atoms with E-state index >= 15 is 0 Å². The predicted molar refractivity (Wildman–Crippen MR) is 127 cm³/mol. The molecule has 1 N–H and O–H groups in total. The lowest BCUT2D eigenvalue weighted by Crippen LogP contribution is -2.21. The summed E-state index contributed by atoms with van der Waals surface area (Å²) in [7, 11) is 0. The average molecular weight is 443 g/mol. The number of aromatic nitrogens is 1. The smallest absolute Gasteiger partial charge is 0.338 e. The van der Waals surface area contributed by atoms with Gasteiger partial charge in [-0.15, -0.1) is 11.3 Å². The third kappa shape index (κ3) is 5.47. The van der Waals surface area contributed by atoms with Gasteiger partial charge in [-0.1, -0.05) is 78.4 Å². The summed E-state index contributed by atoms with van der Waals surface area (Å²) in [6.07, 6.45) is 0.610. The number of anilines is 1. The number of nitrogens with zero attached hydrogens (tertiary/aromatic N) is 1. The summed E-state index contributed by atoms with van der Waals surface area (Å²) in [5, 5.41) is 5.04. The molecule has 3 aromatic carbocycles. The number of ether oxygens (including phenoxy) is 1. The number of aryl methyl sites for hydroxylation is 1. The van der Waals surface area contributed by atoms with E-state index in [9.17, 15) is 9.59 Å². The predicted octanol–water partition coefficient (Wildman–Crippen LogP) is 5.50. The number of amides is 1. The molecule has 0 saturated carbocycles. The van der Waals surface area contributed by atoms with E-state index in [2.05, 4.69) is 10.3 Å². The molecule has 160 valence electrons. The van der Waals surface area contributed by atoms with Crippen LogP contribution in [0, 0.1) is 6.92 Å². The van der Waals surface area contributed by atoms with Gasteiger partial charge in [0.1, 0.15) is 0 Å². The number of nitrogens with one attached hydrogen (secondary N) is 1. The summed E-state index contributed by atoms with van der Waals surface area (Å²) in [5.74, 6) is -0.949. The molecular formula is C26H22N2O3S. The van der Waals surface area contributed by atoms with Crippen molar-refractivity contribution in [2.75, 3.05) is 11.9 Å². The Hall–Kier alpha value is -3.77. The minimum Gasteiger partial charge on any atom is -0.452 e. The van der Waals surface area contributed by atoms with Crippen molar-refractivity contribution in [3.63, 3.8) is 0 Å². The molecule has 6 heteroatoms. The van der Waals surface area contributed by atoms with E-state index in [0.717, 1.165) is 22.4 Å². The van der Waals surface area contributed by atoms with Crippen molar-refractivity contribution in [1.82, 2.24) is 4.98 Å². The monoisotopic (exact) mass is 442 g/mol. The average Bonchev–Trinajstić information content (AvgIpc) is 3.27. The zero-order valence-electron chi connectivity index (χ0n) is 17.6. The van der Waals surface area contributed by atoms with Gasteiger partial charge < -0.3 is 4.74 Å². The van der Waals surface area contributed by atoms with Crippen LogP contribution in [-0.4, -0.2) is 23.5 Å². The van der Waals surface area contributed by atoms with Gasteiger partial charge in [0.25, 0.3) is 5.91 Å². The second-order valence-corrected chi connectivity index (χ2v) is 8.21. The van der Waals surface area contributed by atoms with Gasteiger partial charge in [0.2, 0.25) is 0 Å². The summed E-state index contributed by atoms with van der Waals surface area (Å²) in [6, 6.07) is 25.2. The normalized spacial score (nSPS) is 10.5. The first-order valence-corrected chi connectivity index (χ1v) is 11.1. The molecule has 4 rings (SSSR count). The Morgan fingerprint density at radius 2 is 1.66 bits per heavy atom. The number of esters is 1. The number of rotatable bonds is 7. The third-order valence-electron chi connectivity index (χ3n) is 4.91. The Balaban J connectivity index is 1.35. The van der Waals surface area contributed by atoms with Gasteiger partial charge in [-0.05, 0) is 30.5 Å². The molecule has 0 unspecified atom stereocenters. The maximum absolute atomic E-state index is 12.6. The van der Waals surface area contributed by atoms with Crippen LogP contribution < -0.4 is 5.32 Å². The van der Waals surface area contributed by atoms with E-state index < -0.39 is 11.9 Å². The van der Waals surface area contributed by atoms with Gasteiger partial charge in [0, 0.05) is 10.9 Å². The third-order valence-corrected chi connectivity index (χ3v) is 5.66. The topological polar surface area (TPSA) is 68.3 Å². The minimum atomic E-state index is -0.522. The van der Waals surface area contributed by atoms with Crippen molar-refractivity contribution in [2.45, 2.75) is 13.3 Å². The molecule has 0 saturated heterocycles. The number of carbonyl (C=O) groups excluding carboxylic acids is 2. The Morgan fingerprint density at radius 1 is 0.938 bits per heavy atom. The highest BCUT2D eigenvalue weighted by Gasteiger charge is 2.15. The molecule has 0 atom stereocenters. The molecular weight excluding hydrogens is 420 g/mol. The molecule has 0 aliphatic heterocycles. The Bertz CT molecular complexity index is 1220. The van der Waals surface area contributed by atoms with Gasteiger partial charge in [-0.25, -0.2) is 9.78 Å². The van der Waals surface area contributed by atoms with Crippen LogP contribution in [0.2, 0.25) is 0 Å². The second-order valence-electron chi connectivity index (χ2n) is 7.35. The van der Waals surface area contributed by atoms with Crippen molar-refractivity contribution in [3.05, 3.63) is 106 Å². The number of hydrogen-bond donors (Lipinski definition) is 1. The first-order chi connectivity index (χ1) is 15.6. The van der Waals surface area contributed by atoms with Crippen molar-refractivity contribution in [3.8, 4) is 11.3 Å². The van der Waals surface area contributed by atoms with Gasteiger partial charge >= 0.3 is 5.97 Å². The van der Waals surface area contributed by atoms with Gasteiger partial charge in [0.05, 0.1) is 11.3 Å². The number of thiazole rings is 1. The Labute approximate surface area is 190 Å². The van der Waals surface area contributed by atoms with Crippen LogP contribution in [0.25, 0.3) is 11.3 Å². The van der Waals surface area contributed by atoms with E-state index in [1.165, 1.54) is 16.9 Å². The molecule has 0 aliphatic rings. The maximum Gasteiger partial charge on any atom is 0.338 e. The van der Waals surface area contributed by atoms with Crippen LogP contribution >= 0.6 is 11.3 Å². The quantitative estimate of drug-likeness (QED) is 0.384. The summed E-state index contributed by atoms with van der Waals surface area (Å²) in [5.41, 5.74) is 5.35. The first kappa shape index (κ1) is 21.5. The molecule has 32 heavy (non-hydrogen) atoms. The summed E-state index contributed by atoms with van der Waals surface area (Å²) in [6.45, 7) is 1.65. The van der Waals surface area contributed by atoms with Crippen LogP contribution in [0.1, 0.15) is 27.0 Å². The van der Waals surface area contributed by atoms with Crippen molar-refractivity contribution >= 4 is 28.3 Å². The molecule has 0 radical (unpaired) electrons. The largest absolute Gasteiger partial charge is 0.452 e. The number of carbonyl (C=O) groups is 2. The summed E-state index contributed by atoms with van der Waals surface area (Å²) in [4.78, 5) is 29.3. The fourth-order valence-electron chi connectivity index (χ4n) is 3.24. The Kier molecular flexibility index (Phi) is 6.72. The molecule has 0 spiro atoms. The van der Waals surface area contributed by atoms with E-state index in [-0.39, 0.29) is 6.61 Å². The molecule has 0 fully saturated rings. The fraction of sp³-hybridized carbons (Fsp3) is 0.115. The molecule has 5 nitrogen and oxygen atoms in total. The molecule has 0 bridgehead atoms. The zero-order chi connectivity index (χ0) is 22.3. The second kappa shape index (κ2) is 10.0. The van der Waals surface area contributed by atoms with Crippen molar-refractivity contribution in [1.29, 1.82) is 0 Å². The molecule has 4 aromatic rings. The highest BCUT2D eigenvalue weighted by atomic mass is 32.1. The zero-order valence-corrected chi connectivity index (χ0v) is 18.4. The lowest BCUT2D eigenvalue weighted by atomic mass is 10.00. The lowest BCUT2D eigenvalue weighted by Gasteiger charge is -2.09. The highest BCUT2D eigenvalue weighted by molar-refractivity contribution is 7.14. The van der Waals surface area contributed by atoms with Crippen LogP contribution in [-0.2, 0) is 16.0 Å². The lowest BCUT2D eigenvalue weighted by molar-refractivity contribution is -0.119. The molecule has 1 amide bonds. The van der Waals surface area contributed by atoms with Gasteiger partial charge in [-0.2, -0.15) is 0 Å². The van der Waals surface area contributed by atoms with Crippen LogP contribution in [0.15, 0.2) is 84.2 Å². The summed E-state index contributed by atoms with van der Waals surface area (Å²) >= 11 is 1.33.